The summed E-state index contributed by atoms with van der Waals surface area (Å²) in [5, 5.41) is 12.6. The number of nitrogens with zero attached hydrogens (tertiary/aromatic N) is 1. The Morgan fingerprint density at radius 1 is 1.38 bits per heavy atom. The van der Waals surface area contributed by atoms with Crippen molar-refractivity contribution in [2.45, 2.75) is 32.7 Å². The minimum absolute atomic E-state index is 0.425. The number of hydrogen-bond donors (Lipinski definition) is 2. The van der Waals surface area contributed by atoms with Crippen LogP contribution in [0.5, 0.6) is 0 Å². The minimum Gasteiger partial charge on any atom is -0.480 e. The van der Waals surface area contributed by atoms with Gasteiger partial charge in [-0.25, -0.2) is 9.59 Å². The molecule has 1 heterocycles. The predicted molar refractivity (Wildman–Crippen MR) is 81.6 cm³/mol. The maximum absolute atomic E-state index is 12.4. The van der Waals surface area contributed by atoms with E-state index in [2.05, 4.69) is 5.32 Å². The molecule has 1 aromatic rings. The van der Waals surface area contributed by atoms with Gasteiger partial charge in [-0.1, -0.05) is 37.6 Å². The molecule has 6 heteroatoms. The van der Waals surface area contributed by atoms with Crippen molar-refractivity contribution in [3.05, 3.63) is 29.3 Å². The number of anilines is 1. The molecule has 1 aliphatic heterocycles. The molecular formula is C15H19ClN2O3. The summed E-state index contributed by atoms with van der Waals surface area (Å²) in [6, 6.07) is 5.62. The molecule has 21 heavy (non-hydrogen) atoms. The van der Waals surface area contributed by atoms with Crippen molar-refractivity contribution in [1.82, 2.24) is 4.90 Å². The minimum atomic E-state index is -0.978. The van der Waals surface area contributed by atoms with Crippen LogP contribution in [-0.2, 0) is 4.79 Å². The summed E-state index contributed by atoms with van der Waals surface area (Å²) < 4.78 is 0. The number of carboxylic acids is 1. The first-order chi connectivity index (χ1) is 9.83. The van der Waals surface area contributed by atoms with Crippen LogP contribution in [0.15, 0.2) is 24.3 Å². The number of nitrogens with one attached hydrogen (secondary N) is 1. The van der Waals surface area contributed by atoms with Crippen molar-refractivity contribution in [2.75, 3.05) is 11.9 Å². The van der Waals surface area contributed by atoms with Gasteiger partial charge in [0.2, 0.25) is 0 Å². The predicted octanol–water partition coefficient (Wildman–Crippen LogP) is 3.45. The van der Waals surface area contributed by atoms with E-state index in [1.807, 2.05) is 13.8 Å². The Kier molecular flexibility index (Phi) is 4.42. The first kappa shape index (κ1) is 15.6. The van der Waals surface area contributed by atoms with E-state index in [1.165, 1.54) is 4.90 Å². The van der Waals surface area contributed by atoms with E-state index >= 15 is 0 Å². The van der Waals surface area contributed by atoms with Crippen LogP contribution in [-0.4, -0.2) is 34.6 Å². The van der Waals surface area contributed by atoms with Gasteiger partial charge in [0.05, 0.1) is 10.7 Å². The number of carboxylic acid groups (broad SMARTS) is 1. The third-order valence-electron chi connectivity index (χ3n) is 3.88. The lowest BCUT2D eigenvalue weighted by Gasteiger charge is -2.43. The molecule has 0 aliphatic carbocycles. The van der Waals surface area contributed by atoms with E-state index in [-0.39, 0.29) is 0 Å². The Labute approximate surface area is 128 Å². The molecule has 0 spiro atoms. The van der Waals surface area contributed by atoms with Crippen molar-refractivity contribution in [2.24, 2.45) is 5.41 Å². The van der Waals surface area contributed by atoms with Gasteiger partial charge in [0, 0.05) is 6.54 Å². The molecule has 1 atom stereocenters. The maximum Gasteiger partial charge on any atom is 0.327 e. The van der Waals surface area contributed by atoms with Crippen LogP contribution >= 0.6 is 11.6 Å². The summed E-state index contributed by atoms with van der Waals surface area (Å²) in [7, 11) is 0. The quantitative estimate of drug-likeness (QED) is 0.879. The van der Waals surface area contributed by atoms with E-state index in [1.54, 1.807) is 24.3 Å². The maximum atomic E-state index is 12.4. The van der Waals surface area contributed by atoms with Gasteiger partial charge in [-0.3, -0.25) is 0 Å². The average Bonchev–Trinajstić information content (AvgIpc) is 2.39. The number of hydrogen-bond acceptors (Lipinski definition) is 2. The normalized spacial score (nSPS) is 20.9. The van der Waals surface area contributed by atoms with Gasteiger partial charge in [-0.15, -0.1) is 0 Å². The standard InChI is InChI=1S/C15H19ClN2O3/c1-15(2)8-5-9-18(12(15)13(19)20)14(21)17-11-7-4-3-6-10(11)16/h3-4,6-7,12H,5,8-9H2,1-2H3,(H,17,21)(H,19,20). The molecule has 2 amide bonds. The molecule has 114 valence electrons. The monoisotopic (exact) mass is 310 g/mol. The Balaban J connectivity index is 2.21. The Bertz CT molecular complexity index is 560. The zero-order valence-corrected chi connectivity index (χ0v) is 12.9. The number of halogens is 1. The van der Waals surface area contributed by atoms with Crippen LogP contribution in [0.3, 0.4) is 0 Å². The number of amides is 2. The first-order valence-electron chi connectivity index (χ1n) is 6.88. The highest BCUT2D eigenvalue weighted by molar-refractivity contribution is 6.33. The molecule has 0 aromatic heterocycles. The molecule has 0 bridgehead atoms. The number of aliphatic carboxylic acids is 1. The number of piperidine rings is 1. The molecule has 1 unspecified atom stereocenters. The molecule has 2 rings (SSSR count). The van der Waals surface area contributed by atoms with Crippen LogP contribution in [0.25, 0.3) is 0 Å². The molecular weight excluding hydrogens is 292 g/mol. The second-order valence-electron chi connectivity index (χ2n) is 5.94. The topological polar surface area (TPSA) is 69.6 Å². The van der Waals surface area contributed by atoms with Gasteiger partial charge >= 0.3 is 12.0 Å². The van der Waals surface area contributed by atoms with Crippen LogP contribution in [0.4, 0.5) is 10.5 Å². The van der Waals surface area contributed by atoms with Gasteiger partial charge in [0.25, 0.3) is 0 Å². The number of urea groups is 1. The SMILES string of the molecule is CC1(C)CCCN(C(=O)Nc2ccccc2Cl)C1C(=O)O. The lowest BCUT2D eigenvalue weighted by molar-refractivity contribution is -0.148. The van der Waals surface area contributed by atoms with Gasteiger partial charge in [-0.05, 0) is 30.4 Å². The number of rotatable bonds is 2. The molecule has 0 radical (unpaired) electrons. The Hall–Kier alpha value is -1.75. The van der Waals surface area contributed by atoms with Crippen LogP contribution in [0.2, 0.25) is 5.02 Å². The average molecular weight is 311 g/mol. The lowest BCUT2D eigenvalue weighted by Crippen LogP contribution is -2.57. The van der Waals surface area contributed by atoms with Gasteiger partial charge in [0.1, 0.15) is 6.04 Å². The van der Waals surface area contributed by atoms with E-state index < -0.39 is 23.5 Å². The highest BCUT2D eigenvalue weighted by Crippen LogP contribution is 2.35. The third kappa shape index (κ3) is 3.29. The summed E-state index contributed by atoms with van der Waals surface area (Å²) in [6.45, 7) is 4.18. The lowest BCUT2D eigenvalue weighted by atomic mass is 9.76. The number of para-hydroxylation sites is 1. The molecule has 1 fully saturated rings. The molecule has 2 N–H and O–H groups in total. The number of carbonyl (C=O) groups is 2. The summed E-state index contributed by atoms with van der Waals surface area (Å²) in [4.78, 5) is 25.4. The second-order valence-corrected chi connectivity index (χ2v) is 6.34. The van der Waals surface area contributed by atoms with Crippen molar-refractivity contribution in [1.29, 1.82) is 0 Å². The van der Waals surface area contributed by atoms with E-state index in [4.69, 9.17) is 11.6 Å². The van der Waals surface area contributed by atoms with Crippen molar-refractivity contribution < 1.29 is 14.7 Å². The molecule has 0 saturated carbocycles. The molecule has 5 nitrogen and oxygen atoms in total. The second kappa shape index (κ2) is 5.93. The summed E-state index contributed by atoms with van der Waals surface area (Å²) in [6.07, 6.45) is 1.56. The highest BCUT2D eigenvalue weighted by atomic mass is 35.5. The molecule has 1 aliphatic rings. The van der Waals surface area contributed by atoms with Crippen molar-refractivity contribution >= 4 is 29.3 Å². The van der Waals surface area contributed by atoms with Gasteiger partial charge in [-0.2, -0.15) is 0 Å². The largest absolute Gasteiger partial charge is 0.480 e. The van der Waals surface area contributed by atoms with Crippen LogP contribution in [0, 0.1) is 5.41 Å². The number of likely N-dealkylation sites (tertiary alicyclic amines) is 1. The third-order valence-corrected chi connectivity index (χ3v) is 4.21. The van der Waals surface area contributed by atoms with Crippen LogP contribution < -0.4 is 5.32 Å². The fourth-order valence-corrected chi connectivity index (χ4v) is 3.01. The molecule has 1 saturated heterocycles. The fourth-order valence-electron chi connectivity index (χ4n) is 2.83. The highest BCUT2D eigenvalue weighted by Gasteiger charge is 2.44. The van der Waals surface area contributed by atoms with Gasteiger partial charge in [0.15, 0.2) is 0 Å². The van der Waals surface area contributed by atoms with Crippen molar-refractivity contribution in [3.8, 4) is 0 Å². The van der Waals surface area contributed by atoms with Crippen LogP contribution in [0.1, 0.15) is 26.7 Å². The van der Waals surface area contributed by atoms with E-state index in [9.17, 15) is 14.7 Å². The Morgan fingerprint density at radius 2 is 2.05 bits per heavy atom. The fraction of sp³-hybridized carbons (Fsp3) is 0.467. The number of benzene rings is 1. The summed E-state index contributed by atoms with van der Waals surface area (Å²) in [5.74, 6) is -0.978. The van der Waals surface area contributed by atoms with Crippen molar-refractivity contribution in [3.63, 3.8) is 0 Å². The van der Waals surface area contributed by atoms with E-state index in [0.717, 1.165) is 12.8 Å². The smallest absolute Gasteiger partial charge is 0.327 e. The number of carbonyl (C=O) groups excluding carboxylic acids is 1. The van der Waals surface area contributed by atoms with Gasteiger partial charge < -0.3 is 15.3 Å². The molecule has 1 aromatic carbocycles. The zero-order valence-electron chi connectivity index (χ0n) is 12.1. The van der Waals surface area contributed by atoms with E-state index in [0.29, 0.717) is 17.3 Å². The first-order valence-corrected chi connectivity index (χ1v) is 7.26. The zero-order chi connectivity index (χ0) is 15.6. The Morgan fingerprint density at radius 3 is 2.67 bits per heavy atom. The summed E-state index contributed by atoms with van der Waals surface area (Å²) >= 11 is 6.01. The summed E-state index contributed by atoms with van der Waals surface area (Å²) in [5.41, 5.74) is 0.0266.